The number of aliphatic carboxylic acids is 1. The van der Waals surface area contributed by atoms with E-state index in [4.69, 9.17) is 23.2 Å². The van der Waals surface area contributed by atoms with Crippen molar-refractivity contribution < 1.29 is 9.90 Å². The summed E-state index contributed by atoms with van der Waals surface area (Å²) < 4.78 is 1.29. The van der Waals surface area contributed by atoms with Crippen LogP contribution >= 0.6 is 23.2 Å². The highest BCUT2D eigenvalue weighted by Crippen LogP contribution is 2.30. The van der Waals surface area contributed by atoms with Crippen LogP contribution in [0.4, 0.5) is 0 Å². The van der Waals surface area contributed by atoms with Crippen LogP contribution in [0, 0.1) is 0 Å². The van der Waals surface area contributed by atoms with E-state index >= 15 is 0 Å². The molecule has 0 spiro atoms. The van der Waals surface area contributed by atoms with Gasteiger partial charge in [-0.15, -0.1) is 5.10 Å². The van der Waals surface area contributed by atoms with Gasteiger partial charge >= 0.3 is 5.97 Å². The van der Waals surface area contributed by atoms with Gasteiger partial charge in [-0.3, -0.25) is 0 Å². The summed E-state index contributed by atoms with van der Waals surface area (Å²) in [6.07, 6.45) is 0.335. The van der Waals surface area contributed by atoms with Crippen LogP contribution in [0.15, 0.2) is 18.2 Å². The number of nitrogens with zero attached hydrogens (tertiary/aromatic N) is 4. The van der Waals surface area contributed by atoms with Crippen LogP contribution in [0.25, 0.3) is 11.4 Å². The van der Waals surface area contributed by atoms with Crippen molar-refractivity contribution in [2.45, 2.75) is 25.8 Å². The number of carbonyl (C=O) groups is 1. The topological polar surface area (TPSA) is 80.9 Å². The van der Waals surface area contributed by atoms with Crippen molar-refractivity contribution in [1.29, 1.82) is 0 Å². The smallest absolute Gasteiger partial charge is 0.331 e. The Morgan fingerprint density at radius 2 is 2.10 bits per heavy atom. The Kier molecular flexibility index (Phi) is 3.96. The van der Waals surface area contributed by atoms with Crippen molar-refractivity contribution in [2.75, 3.05) is 0 Å². The molecule has 2 rings (SSSR count). The Hall–Kier alpha value is -1.66. The number of aromatic nitrogens is 4. The molecule has 0 aliphatic carbocycles. The third-order valence-corrected chi connectivity index (χ3v) is 4.00. The second-order valence-electron chi connectivity index (χ2n) is 4.48. The minimum Gasteiger partial charge on any atom is -0.479 e. The summed E-state index contributed by atoms with van der Waals surface area (Å²) in [5.41, 5.74) is -0.629. The summed E-state index contributed by atoms with van der Waals surface area (Å²) in [6.45, 7) is 3.32. The van der Waals surface area contributed by atoms with E-state index in [1.165, 1.54) is 4.68 Å². The van der Waals surface area contributed by atoms with E-state index in [0.717, 1.165) is 0 Å². The normalized spacial score (nSPS) is 14.0. The highest BCUT2D eigenvalue weighted by atomic mass is 35.5. The lowest BCUT2D eigenvalue weighted by molar-refractivity contribution is -0.147. The highest BCUT2D eigenvalue weighted by molar-refractivity contribution is 6.42. The fourth-order valence-corrected chi connectivity index (χ4v) is 2.02. The zero-order valence-electron chi connectivity index (χ0n) is 10.8. The average molecular weight is 315 g/mol. The molecule has 1 aromatic carbocycles. The molecule has 106 valence electrons. The van der Waals surface area contributed by atoms with E-state index in [0.29, 0.717) is 27.9 Å². The Balaban J connectivity index is 2.58. The molecule has 1 heterocycles. The molecule has 1 unspecified atom stereocenters. The van der Waals surface area contributed by atoms with Crippen LogP contribution in [0.5, 0.6) is 0 Å². The number of tetrazole rings is 1. The van der Waals surface area contributed by atoms with Gasteiger partial charge in [0.05, 0.1) is 10.0 Å². The third-order valence-electron chi connectivity index (χ3n) is 3.26. The van der Waals surface area contributed by atoms with Crippen molar-refractivity contribution in [3.63, 3.8) is 0 Å². The molecule has 0 radical (unpaired) electrons. The zero-order chi connectivity index (χ0) is 14.9. The highest BCUT2D eigenvalue weighted by Gasteiger charge is 2.37. The molecular weight excluding hydrogens is 303 g/mol. The van der Waals surface area contributed by atoms with Gasteiger partial charge in [-0.1, -0.05) is 30.1 Å². The van der Waals surface area contributed by atoms with Gasteiger partial charge in [-0.2, -0.15) is 0 Å². The van der Waals surface area contributed by atoms with E-state index in [9.17, 15) is 9.90 Å². The zero-order valence-corrected chi connectivity index (χ0v) is 12.4. The van der Waals surface area contributed by atoms with Gasteiger partial charge in [0.1, 0.15) is 0 Å². The largest absolute Gasteiger partial charge is 0.479 e. The average Bonchev–Trinajstić information content (AvgIpc) is 2.90. The number of carboxylic acids is 1. The van der Waals surface area contributed by atoms with E-state index in [1.807, 2.05) is 0 Å². The first-order valence-electron chi connectivity index (χ1n) is 5.88. The summed E-state index contributed by atoms with van der Waals surface area (Å²) in [5, 5.41) is 21.4. The van der Waals surface area contributed by atoms with Gasteiger partial charge in [-0.05, 0) is 42.0 Å². The molecule has 0 saturated carbocycles. The van der Waals surface area contributed by atoms with Crippen molar-refractivity contribution >= 4 is 29.2 Å². The minimum absolute atomic E-state index is 0.329. The molecule has 0 bridgehead atoms. The SMILES string of the molecule is CCC(C)(C(=O)O)n1nnnc1-c1ccc(Cl)c(Cl)c1. The van der Waals surface area contributed by atoms with Gasteiger partial charge in [-0.25, -0.2) is 9.48 Å². The van der Waals surface area contributed by atoms with E-state index in [-0.39, 0.29) is 0 Å². The molecule has 1 N–H and O–H groups in total. The maximum Gasteiger partial charge on any atom is 0.331 e. The molecule has 0 aliphatic rings. The first-order valence-corrected chi connectivity index (χ1v) is 6.63. The number of hydrogen-bond acceptors (Lipinski definition) is 4. The van der Waals surface area contributed by atoms with Gasteiger partial charge in [0, 0.05) is 5.56 Å². The molecule has 0 aliphatic heterocycles. The van der Waals surface area contributed by atoms with Crippen LogP contribution in [0.3, 0.4) is 0 Å². The predicted molar refractivity (Wildman–Crippen MR) is 74.8 cm³/mol. The molecule has 0 amide bonds. The van der Waals surface area contributed by atoms with Gasteiger partial charge < -0.3 is 5.11 Å². The second kappa shape index (κ2) is 5.38. The monoisotopic (exact) mass is 314 g/mol. The number of rotatable bonds is 4. The Bertz CT molecular complexity index is 659. The quantitative estimate of drug-likeness (QED) is 0.938. The Labute approximate surface area is 125 Å². The lowest BCUT2D eigenvalue weighted by Crippen LogP contribution is -2.39. The molecule has 20 heavy (non-hydrogen) atoms. The molecule has 1 aromatic heterocycles. The number of benzene rings is 1. The summed E-state index contributed by atoms with van der Waals surface area (Å²) in [5.74, 6) is -0.677. The van der Waals surface area contributed by atoms with Crippen LogP contribution in [-0.2, 0) is 10.3 Å². The lowest BCUT2D eigenvalue weighted by Gasteiger charge is -2.24. The van der Waals surface area contributed by atoms with E-state index < -0.39 is 11.5 Å². The molecule has 6 nitrogen and oxygen atoms in total. The fourth-order valence-electron chi connectivity index (χ4n) is 1.73. The number of carboxylic acid groups (broad SMARTS) is 1. The van der Waals surface area contributed by atoms with Crippen LogP contribution in [0.2, 0.25) is 10.0 Å². The van der Waals surface area contributed by atoms with E-state index in [1.54, 1.807) is 32.0 Å². The molecule has 1 atom stereocenters. The van der Waals surface area contributed by atoms with Gasteiger partial charge in [0.25, 0.3) is 0 Å². The molecule has 2 aromatic rings. The fraction of sp³-hybridized carbons (Fsp3) is 0.333. The summed E-state index contributed by atoms with van der Waals surface area (Å²) in [4.78, 5) is 11.5. The standard InChI is InChI=1S/C12H12Cl2N4O2/c1-3-12(2,11(19)20)18-10(15-16-17-18)7-4-5-8(13)9(14)6-7/h4-6H,3H2,1-2H3,(H,19,20). The van der Waals surface area contributed by atoms with Crippen LogP contribution in [-0.4, -0.2) is 31.3 Å². The van der Waals surface area contributed by atoms with Crippen molar-refractivity contribution in [3.8, 4) is 11.4 Å². The molecule has 8 heteroatoms. The maximum atomic E-state index is 11.5. The first-order chi connectivity index (χ1) is 9.40. The molecule has 0 saturated heterocycles. The second-order valence-corrected chi connectivity index (χ2v) is 5.29. The van der Waals surface area contributed by atoms with Gasteiger partial charge in [0.15, 0.2) is 11.4 Å². The Morgan fingerprint density at radius 1 is 1.40 bits per heavy atom. The number of hydrogen-bond donors (Lipinski definition) is 1. The van der Waals surface area contributed by atoms with Gasteiger partial charge in [0.2, 0.25) is 0 Å². The predicted octanol–water partition coefficient (Wildman–Crippen LogP) is 2.86. The lowest BCUT2D eigenvalue weighted by atomic mass is 9.99. The molecule has 0 fully saturated rings. The van der Waals surface area contributed by atoms with Crippen molar-refractivity contribution in [1.82, 2.24) is 20.2 Å². The van der Waals surface area contributed by atoms with Crippen LogP contribution in [0.1, 0.15) is 20.3 Å². The van der Waals surface area contributed by atoms with Crippen LogP contribution < -0.4 is 0 Å². The minimum atomic E-state index is -1.23. The Morgan fingerprint density at radius 3 is 2.65 bits per heavy atom. The van der Waals surface area contributed by atoms with Crippen molar-refractivity contribution in [2.24, 2.45) is 0 Å². The maximum absolute atomic E-state index is 11.5. The van der Waals surface area contributed by atoms with E-state index in [2.05, 4.69) is 15.5 Å². The summed E-state index contributed by atoms with van der Waals surface area (Å²) in [6, 6.07) is 4.90. The summed E-state index contributed by atoms with van der Waals surface area (Å²) >= 11 is 11.8. The number of halogens is 2. The third kappa shape index (κ3) is 2.36. The molecular formula is C12H12Cl2N4O2. The van der Waals surface area contributed by atoms with Crippen molar-refractivity contribution in [3.05, 3.63) is 28.2 Å². The first kappa shape index (κ1) is 14.7. The summed E-state index contributed by atoms with van der Waals surface area (Å²) in [7, 11) is 0.